The molecule has 0 atom stereocenters. The lowest BCUT2D eigenvalue weighted by Crippen LogP contribution is -1.91. The van der Waals surface area contributed by atoms with Crippen LogP contribution >= 0.6 is 23.5 Å². The van der Waals surface area contributed by atoms with Crippen LogP contribution in [-0.2, 0) is 5.75 Å². The number of rotatable bonds is 8. The second-order valence-corrected chi connectivity index (χ2v) is 7.35. The lowest BCUT2D eigenvalue weighted by atomic mass is 10.2. The average Bonchev–Trinajstić information content (AvgIpc) is 3.15. The Kier molecular flexibility index (Phi) is 6.57. The van der Waals surface area contributed by atoms with Crippen LogP contribution in [0.4, 0.5) is 8.78 Å². The summed E-state index contributed by atoms with van der Waals surface area (Å²) in [7, 11) is 3.18. The summed E-state index contributed by atoms with van der Waals surface area (Å²) in [4.78, 5) is 5.04. The third-order valence-corrected chi connectivity index (χ3v) is 5.29. The zero-order valence-electron chi connectivity index (χ0n) is 14.6. The van der Waals surface area contributed by atoms with Crippen LogP contribution in [0.5, 0.6) is 11.5 Å². The Balaban J connectivity index is 1.66. The maximum atomic E-state index is 12.4. The van der Waals surface area contributed by atoms with Crippen LogP contribution in [0.3, 0.4) is 0 Å². The normalized spacial score (nSPS) is 11.0. The molecule has 0 spiro atoms. The van der Waals surface area contributed by atoms with Crippen LogP contribution in [0.2, 0.25) is 0 Å². The summed E-state index contributed by atoms with van der Waals surface area (Å²) < 4.78 is 35.3. The molecule has 0 saturated heterocycles. The second-order valence-electron chi connectivity index (χ2n) is 5.34. The number of H-pyrrole nitrogens is 1. The van der Waals surface area contributed by atoms with Crippen LogP contribution in [-0.4, -0.2) is 35.2 Å². The van der Waals surface area contributed by atoms with Gasteiger partial charge in [0.2, 0.25) is 5.16 Å². The van der Waals surface area contributed by atoms with E-state index in [0.29, 0.717) is 44.9 Å². The van der Waals surface area contributed by atoms with Gasteiger partial charge in [-0.15, -0.1) is 5.10 Å². The summed E-state index contributed by atoms with van der Waals surface area (Å²) in [5.41, 5.74) is 1.79. The lowest BCUT2D eigenvalue weighted by Gasteiger charge is -2.07. The van der Waals surface area contributed by atoms with E-state index in [1.807, 2.05) is 24.3 Å². The van der Waals surface area contributed by atoms with Gasteiger partial charge in [0.05, 0.1) is 19.8 Å². The lowest BCUT2D eigenvalue weighted by molar-refractivity contribution is 0.252. The number of benzene rings is 2. The fourth-order valence-electron chi connectivity index (χ4n) is 2.34. The molecular formula is C18H17F2N3O2S2. The Hall–Kier alpha value is -2.26. The van der Waals surface area contributed by atoms with Gasteiger partial charge in [-0.25, -0.2) is 4.98 Å². The Bertz CT molecular complexity index is 889. The molecule has 0 bridgehead atoms. The van der Waals surface area contributed by atoms with Crippen molar-refractivity contribution in [2.45, 2.75) is 21.6 Å². The Morgan fingerprint density at radius 3 is 2.52 bits per heavy atom. The van der Waals surface area contributed by atoms with Gasteiger partial charge in [0, 0.05) is 16.7 Å². The van der Waals surface area contributed by atoms with E-state index in [1.54, 1.807) is 32.4 Å². The predicted molar refractivity (Wildman–Crippen MR) is 103 cm³/mol. The number of hydrogen-bond donors (Lipinski definition) is 1. The monoisotopic (exact) mass is 409 g/mol. The second kappa shape index (κ2) is 9.09. The number of hydrogen-bond acceptors (Lipinski definition) is 6. The predicted octanol–water partition coefficient (Wildman–Crippen LogP) is 5.10. The summed E-state index contributed by atoms with van der Waals surface area (Å²) in [6, 6.07) is 12.5. The average molecular weight is 409 g/mol. The standard InChI is InChI=1S/C18H17F2N3O2S2/c1-24-12-5-8-14(15(9-12)25-2)16-21-18(23-22-16)26-10-11-3-6-13(7-4-11)27-17(19)20/h3-9,17H,10H2,1-2H3,(H,21,22,23). The van der Waals surface area contributed by atoms with Gasteiger partial charge in [-0.3, -0.25) is 5.10 Å². The number of aromatic amines is 1. The van der Waals surface area contributed by atoms with E-state index in [2.05, 4.69) is 15.2 Å². The highest BCUT2D eigenvalue weighted by Gasteiger charge is 2.13. The number of methoxy groups -OCH3 is 2. The van der Waals surface area contributed by atoms with Crippen molar-refractivity contribution in [3.8, 4) is 22.9 Å². The van der Waals surface area contributed by atoms with Crippen molar-refractivity contribution in [1.82, 2.24) is 15.2 Å². The summed E-state index contributed by atoms with van der Waals surface area (Å²) in [6.07, 6.45) is 0. The molecule has 3 aromatic rings. The minimum absolute atomic E-state index is 0.538. The molecule has 1 heterocycles. The first kappa shape index (κ1) is 19.5. The van der Waals surface area contributed by atoms with Crippen molar-refractivity contribution >= 4 is 23.5 Å². The van der Waals surface area contributed by atoms with Crippen molar-refractivity contribution < 1.29 is 18.3 Å². The van der Waals surface area contributed by atoms with Crippen molar-refractivity contribution in [3.63, 3.8) is 0 Å². The van der Waals surface area contributed by atoms with Crippen molar-refractivity contribution in [1.29, 1.82) is 0 Å². The molecule has 0 aliphatic carbocycles. The first-order chi connectivity index (χ1) is 13.1. The first-order valence-electron chi connectivity index (χ1n) is 7.90. The van der Waals surface area contributed by atoms with Gasteiger partial charge in [-0.1, -0.05) is 35.7 Å². The summed E-state index contributed by atoms with van der Waals surface area (Å²) in [5, 5.41) is 7.72. The van der Waals surface area contributed by atoms with Gasteiger partial charge < -0.3 is 9.47 Å². The summed E-state index contributed by atoms with van der Waals surface area (Å²) >= 11 is 1.99. The zero-order chi connectivity index (χ0) is 19.2. The van der Waals surface area contributed by atoms with E-state index in [-0.39, 0.29) is 0 Å². The minimum atomic E-state index is -2.41. The number of thioether (sulfide) groups is 2. The van der Waals surface area contributed by atoms with Gasteiger partial charge in [-0.05, 0) is 29.8 Å². The van der Waals surface area contributed by atoms with E-state index in [1.165, 1.54) is 11.8 Å². The van der Waals surface area contributed by atoms with Crippen molar-refractivity contribution in [2.75, 3.05) is 14.2 Å². The highest BCUT2D eigenvalue weighted by atomic mass is 32.2. The molecule has 0 saturated carbocycles. The van der Waals surface area contributed by atoms with Crippen LogP contribution in [0.15, 0.2) is 52.5 Å². The van der Waals surface area contributed by atoms with Gasteiger partial charge >= 0.3 is 0 Å². The molecule has 2 aromatic carbocycles. The van der Waals surface area contributed by atoms with Gasteiger partial charge in [-0.2, -0.15) is 8.78 Å². The van der Waals surface area contributed by atoms with Gasteiger partial charge in [0.1, 0.15) is 11.5 Å². The van der Waals surface area contributed by atoms with Crippen molar-refractivity contribution in [2.24, 2.45) is 0 Å². The molecule has 1 aromatic heterocycles. The minimum Gasteiger partial charge on any atom is -0.497 e. The first-order valence-corrected chi connectivity index (χ1v) is 9.77. The molecule has 0 radical (unpaired) electrons. The Morgan fingerprint density at radius 1 is 1.07 bits per heavy atom. The molecule has 0 aliphatic heterocycles. The van der Waals surface area contributed by atoms with Crippen molar-refractivity contribution in [3.05, 3.63) is 48.0 Å². The number of aromatic nitrogens is 3. The molecule has 1 N–H and O–H groups in total. The van der Waals surface area contributed by atoms with Crippen LogP contribution in [0, 0.1) is 0 Å². The van der Waals surface area contributed by atoms with Gasteiger partial charge in [0.25, 0.3) is 5.76 Å². The van der Waals surface area contributed by atoms with Crippen LogP contribution in [0.1, 0.15) is 5.56 Å². The van der Waals surface area contributed by atoms with Crippen LogP contribution < -0.4 is 9.47 Å². The smallest absolute Gasteiger partial charge is 0.288 e. The van der Waals surface area contributed by atoms with E-state index in [4.69, 9.17) is 9.47 Å². The molecule has 3 rings (SSSR count). The SMILES string of the molecule is COc1ccc(-c2nc(SCc3ccc(SC(F)F)cc3)n[nH]2)c(OC)c1. The van der Waals surface area contributed by atoms with E-state index >= 15 is 0 Å². The number of alkyl halides is 2. The molecule has 0 fully saturated rings. The number of nitrogens with one attached hydrogen (secondary N) is 1. The third-order valence-electron chi connectivity index (χ3n) is 3.65. The quantitative estimate of drug-likeness (QED) is 0.523. The fraction of sp³-hybridized carbons (Fsp3) is 0.222. The zero-order valence-corrected chi connectivity index (χ0v) is 16.2. The largest absolute Gasteiger partial charge is 0.497 e. The summed E-state index contributed by atoms with van der Waals surface area (Å²) in [5.74, 6) is 0.149. The van der Waals surface area contributed by atoms with E-state index < -0.39 is 5.76 Å². The van der Waals surface area contributed by atoms with Gasteiger partial charge in [0.15, 0.2) is 5.82 Å². The topological polar surface area (TPSA) is 60.0 Å². The Morgan fingerprint density at radius 2 is 1.85 bits per heavy atom. The maximum absolute atomic E-state index is 12.4. The molecular weight excluding hydrogens is 392 g/mol. The number of nitrogens with zero attached hydrogens (tertiary/aromatic N) is 2. The molecule has 0 unspecified atom stereocenters. The molecule has 0 aliphatic rings. The van der Waals surface area contributed by atoms with E-state index in [9.17, 15) is 8.78 Å². The Labute approximate surface area is 163 Å². The maximum Gasteiger partial charge on any atom is 0.288 e. The third kappa shape index (κ3) is 5.14. The fourth-order valence-corrected chi connectivity index (χ4v) is 3.59. The highest BCUT2D eigenvalue weighted by Crippen LogP contribution is 2.32. The number of halogens is 2. The molecule has 27 heavy (non-hydrogen) atoms. The highest BCUT2D eigenvalue weighted by molar-refractivity contribution is 7.99. The molecule has 142 valence electrons. The number of ether oxygens (including phenoxy) is 2. The molecule has 9 heteroatoms. The van der Waals surface area contributed by atoms with E-state index in [0.717, 1.165) is 11.1 Å². The molecule has 5 nitrogen and oxygen atoms in total. The summed E-state index contributed by atoms with van der Waals surface area (Å²) in [6.45, 7) is 0. The van der Waals surface area contributed by atoms with Crippen LogP contribution in [0.25, 0.3) is 11.4 Å². The molecule has 0 amide bonds.